The van der Waals surface area contributed by atoms with Crippen LogP contribution in [0.3, 0.4) is 0 Å². The van der Waals surface area contributed by atoms with Crippen molar-refractivity contribution in [1.29, 1.82) is 0 Å². The summed E-state index contributed by atoms with van der Waals surface area (Å²) in [5.74, 6) is -0.760. The predicted octanol–water partition coefficient (Wildman–Crippen LogP) is 4.16. The van der Waals surface area contributed by atoms with Gasteiger partial charge in [0.25, 0.3) is 5.91 Å². The van der Waals surface area contributed by atoms with Crippen LogP contribution in [-0.2, 0) is 4.79 Å². The highest BCUT2D eigenvalue weighted by molar-refractivity contribution is 6.32. The highest BCUT2D eigenvalue weighted by Crippen LogP contribution is 2.19. The molecule has 4 heteroatoms. The first-order valence-corrected chi connectivity index (χ1v) is 6.42. The maximum absolute atomic E-state index is 13.6. The number of hydrogen-bond donors (Lipinski definition) is 0. The van der Waals surface area contributed by atoms with E-state index in [-0.39, 0.29) is 11.6 Å². The molecule has 1 amide bonds. The Hall–Kier alpha value is -2.13. The van der Waals surface area contributed by atoms with E-state index in [1.54, 1.807) is 36.4 Å². The molecule has 20 heavy (non-hydrogen) atoms. The summed E-state index contributed by atoms with van der Waals surface area (Å²) in [5, 5.41) is 0.560. The first-order valence-electron chi connectivity index (χ1n) is 6.04. The van der Waals surface area contributed by atoms with Crippen molar-refractivity contribution in [2.75, 3.05) is 11.9 Å². The van der Waals surface area contributed by atoms with Crippen LogP contribution >= 0.6 is 11.6 Å². The minimum atomic E-state index is -0.436. The summed E-state index contributed by atoms with van der Waals surface area (Å²) in [6.45, 7) is 0. The number of nitrogens with zero attached hydrogens (tertiary/aromatic N) is 1. The second kappa shape index (κ2) is 6.35. The molecule has 2 nitrogen and oxygen atoms in total. The van der Waals surface area contributed by atoms with Crippen molar-refractivity contribution in [2.45, 2.75) is 0 Å². The molecule has 0 fully saturated rings. The molecule has 0 aliphatic rings. The van der Waals surface area contributed by atoms with E-state index in [9.17, 15) is 9.18 Å². The monoisotopic (exact) mass is 289 g/mol. The lowest BCUT2D eigenvalue weighted by molar-refractivity contribution is -0.113. The van der Waals surface area contributed by atoms with E-state index in [0.717, 1.165) is 5.56 Å². The van der Waals surface area contributed by atoms with Crippen LogP contribution in [0, 0.1) is 5.82 Å². The summed E-state index contributed by atoms with van der Waals surface area (Å²) in [7, 11) is 1.53. The van der Waals surface area contributed by atoms with Crippen LogP contribution in [0.15, 0.2) is 54.6 Å². The van der Waals surface area contributed by atoms with Gasteiger partial charge in [-0.3, -0.25) is 4.79 Å². The third kappa shape index (κ3) is 3.25. The normalized spacial score (nSPS) is 10.8. The van der Waals surface area contributed by atoms with Crippen LogP contribution in [0.4, 0.5) is 10.1 Å². The minimum Gasteiger partial charge on any atom is -0.309 e. The van der Waals surface area contributed by atoms with Crippen LogP contribution in [-0.4, -0.2) is 13.0 Å². The van der Waals surface area contributed by atoms with Crippen LogP contribution in [0.2, 0.25) is 5.02 Å². The first-order chi connectivity index (χ1) is 9.59. The van der Waals surface area contributed by atoms with E-state index in [1.165, 1.54) is 24.1 Å². The summed E-state index contributed by atoms with van der Waals surface area (Å²) < 4.78 is 13.6. The van der Waals surface area contributed by atoms with Crippen molar-refractivity contribution in [3.05, 3.63) is 71.0 Å². The zero-order chi connectivity index (χ0) is 14.5. The summed E-state index contributed by atoms with van der Waals surface area (Å²) >= 11 is 5.99. The zero-order valence-corrected chi connectivity index (χ0v) is 11.6. The molecule has 0 unspecified atom stereocenters. The van der Waals surface area contributed by atoms with Crippen molar-refractivity contribution in [2.24, 2.45) is 0 Å². The lowest BCUT2D eigenvalue weighted by Gasteiger charge is -2.15. The molecule has 0 aliphatic heterocycles. The molecule has 0 saturated carbocycles. The summed E-state index contributed by atoms with van der Waals surface area (Å²) in [4.78, 5) is 13.3. The third-order valence-electron chi connectivity index (χ3n) is 2.86. The molecule has 2 aromatic rings. The minimum absolute atomic E-state index is 0.237. The molecule has 0 spiro atoms. The van der Waals surface area contributed by atoms with Gasteiger partial charge in [0.1, 0.15) is 5.82 Å². The van der Waals surface area contributed by atoms with Gasteiger partial charge >= 0.3 is 0 Å². The van der Waals surface area contributed by atoms with Crippen molar-refractivity contribution in [3.8, 4) is 0 Å². The Morgan fingerprint density at radius 1 is 1.15 bits per heavy atom. The van der Waals surface area contributed by atoms with Gasteiger partial charge in [0, 0.05) is 18.1 Å². The third-order valence-corrected chi connectivity index (χ3v) is 3.20. The van der Waals surface area contributed by atoms with Gasteiger partial charge in [-0.15, -0.1) is 0 Å². The van der Waals surface area contributed by atoms with Gasteiger partial charge in [0.05, 0.1) is 5.69 Å². The molecule has 0 radical (unpaired) electrons. The number of para-hydroxylation sites is 1. The standard InChI is InChI=1S/C16H13ClFNO/c1-19(15-9-5-4-8-14(15)18)16(20)11-10-12-6-2-3-7-13(12)17/h2-11H,1H3/b11-10+. The Kier molecular flexibility index (Phi) is 4.53. The molecule has 0 heterocycles. The van der Waals surface area contributed by atoms with Crippen molar-refractivity contribution in [1.82, 2.24) is 0 Å². The van der Waals surface area contributed by atoms with Crippen LogP contribution in [0.1, 0.15) is 5.56 Å². The number of likely N-dealkylation sites (N-methyl/N-ethyl adjacent to an activating group) is 1. The average molecular weight is 290 g/mol. The number of halogens is 2. The van der Waals surface area contributed by atoms with Gasteiger partial charge in [-0.2, -0.15) is 0 Å². The predicted molar refractivity (Wildman–Crippen MR) is 80.3 cm³/mol. The van der Waals surface area contributed by atoms with Crippen LogP contribution in [0.5, 0.6) is 0 Å². The lowest BCUT2D eigenvalue weighted by Crippen LogP contribution is -2.24. The number of benzene rings is 2. The molecule has 0 aliphatic carbocycles. The molecule has 0 atom stereocenters. The maximum atomic E-state index is 13.6. The Morgan fingerprint density at radius 2 is 1.80 bits per heavy atom. The molecule has 0 saturated heterocycles. The molecular formula is C16H13ClFNO. The number of amides is 1. The molecule has 2 rings (SSSR count). The summed E-state index contributed by atoms with van der Waals surface area (Å²) in [5.41, 5.74) is 0.978. The number of hydrogen-bond acceptors (Lipinski definition) is 1. The second-order valence-electron chi connectivity index (χ2n) is 4.20. The molecule has 0 aromatic heterocycles. The van der Waals surface area contributed by atoms with E-state index in [0.29, 0.717) is 5.02 Å². The zero-order valence-electron chi connectivity index (χ0n) is 10.9. The topological polar surface area (TPSA) is 20.3 Å². The van der Waals surface area contributed by atoms with Crippen molar-refractivity contribution >= 4 is 29.3 Å². The Bertz CT molecular complexity index is 654. The molecule has 0 bridgehead atoms. The molecule has 0 N–H and O–H groups in total. The van der Waals surface area contributed by atoms with Crippen LogP contribution < -0.4 is 4.90 Å². The van der Waals surface area contributed by atoms with Crippen molar-refractivity contribution in [3.63, 3.8) is 0 Å². The fourth-order valence-electron chi connectivity index (χ4n) is 1.73. The van der Waals surface area contributed by atoms with E-state index in [4.69, 9.17) is 11.6 Å². The van der Waals surface area contributed by atoms with Gasteiger partial charge in [-0.25, -0.2) is 4.39 Å². The maximum Gasteiger partial charge on any atom is 0.250 e. The second-order valence-corrected chi connectivity index (χ2v) is 4.61. The van der Waals surface area contributed by atoms with Gasteiger partial charge in [0.2, 0.25) is 0 Å². The highest BCUT2D eigenvalue weighted by Gasteiger charge is 2.11. The fourth-order valence-corrected chi connectivity index (χ4v) is 1.92. The summed E-state index contributed by atoms with van der Waals surface area (Å²) in [6.07, 6.45) is 2.98. The SMILES string of the molecule is CN(C(=O)/C=C/c1ccccc1Cl)c1ccccc1F. The van der Waals surface area contributed by atoms with E-state index in [1.807, 2.05) is 12.1 Å². The molecular weight excluding hydrogens is 277 g/mol. The van der Waals surface area contributed by atoms with Gasteiger partial charge in [0.15, 0.2) is 0 Å². The first kappa shape index (κ1) is 14.3. The lowest BCUT2D eigenvalue weighted by atomic mass is 10.2. The fraction of sp³-hybridized carbons (Fsp3) is 0.0625. The van der Waals surface area contributed by atoms with E-state index < -0.39 is 5.82 Å². The largest absolute Gasteiger partial charge is 0.309 e. The Morgan fingerprint density at radius 3 is 2.50 bits per heavy atom. The quantitative estimate of drug-likeness (QED) is 0.777. The molecule has 2 aromatic carbocycles. The van der Waals surface area contributed by atoms with Gasteiger partial charge in [-0.05, 0) is 29.8 Å². The van der Waals surface area contributed by atoms with Gasteiger partial charge in [-0.1, -0.05) is 41.9 Å². The smallest absolute Gasteiger partial charge is 0.250 e. The van der Waals surface area contributed by atoms with E-state index in [2.05, 4.69) is 0 Å². The summed E-state index contributed by atoms with van der Waals surface area (Å²) in [6, 6.07) is 13.3. The number of carbonyl (C=O) groups is 1. The number of anilines is 1. The van der Waals surface area contributed by atoms with E-state index >= 15 is 0 Å². The van der Waals surface area contributed by atoms with Gasteiger partial charge < -0.3 is 4.90 Å². The molecule has 102 valence electrons. The highest BCUT2D eigenvalue weighted by atomic mass is 35.5. The number of rotatable bonds is 3. The average Bonchev–Trinajstić information content (AvgIpc) is 2.46. The van der Waals surface area contributed by atoms with Crippen LogP contribution in [0.25, 0.3) is 6.08 Å². The Labute approximate surface area is 122 Å². The van der Waals surface area contributed by atoms with Crippen molar-refractivity contribution < 1.29 is 9.18 Å². The Balaban J connectivity index is 2.17. The number of carbonyl (C=O) groups excluding carboxylic acids is 1.